The number of carbonyl (C=O) groups is 1. The smallest absolute Gasteiger partial charge is 0.361 e. The van der Waals surface area contributed by atoms with E-state index in [0.717, 1.165) is 32.0 Å². The fourth-order valence-electron chi connectivity index (χ4n) is 1.59. The molecule has 0 bridgehead atoms. The second-order valence-corrected chi connectivity index (χ2v) is 3.52. The SMILES string of the molecule is CCB(CC)OC(=O)C1CCCN1. The van der Waals surface area contributed by atoms with Crippen LogP contribution in [0.5, 0.6) is 0 Å². The second kappa shape index (κ2) is 5.27. The van der Waals surface area contributed by atoms with Crippen molar-refractivity contribution in [2.75, 3.05) is 6.54 Å². The van der Waals surface area contributed by atoms with E-state index in [1.165, 1.54) is 0 Å². The molecule has 0 aromatic heterocycles. The Morgan fingerprint density at radius 2 is 2.23 bits per heavy atom. The number of nitrogens with one attached hydrogen (secondary N) is 1. The van der Waals surface area contributed by atoms with E-state index < -0.39 is 0 Å². The monoisotopic (exact) mass is 183 g/mol. The van der Waals surface area contributed by atoms with Gasteiger partial charge >= 0.3 is 12.9 Å². The summed E-state index contributed by atoms with van der Waals surface area (Å²) in [6.45, 7) is 5.14. The van der Waals surface area contributed by atoms with Gasteiger partial charge in [0.2, 0.25) is 0 Å². The molecule has 0 amide bonds. The molecule has 0 aromatic rings. The second-order valence-electron chi connectivity index (χ2n) is 3.52. The molecule has 13 heavy (non-hydrogen) atoms. The van der Waals surface area contributed by atoms with E-state index >= 15 is 0 Å². The average Bonchev–Trinajstić information content (AvgIpc) is 2.66. The summed E-state index contributed by atoms with van der Waals surface area (Å²) >= 11 is 0. The lowest BCUT2D eigenvalue weighted by Crippen LogP contribution is -2.36. The van der Waals surface area contributed by atoms with Crippen molar-refractivity contribution in [3.05, 3.63) is 0 Å². The quantitative estimate of drug-likeness (QED) is 0.667. The third-order valence-corrected chi connectivity index (χ3v) is 2.54. The van der Waals surface area contributed by atoms with E-state index in [4.69, 9.17) is 4.65 Å². The lowest BCUT2D eigenvalue weighted by molar-refractivity contribution is -0.136. The Hall–Kier alpha value is -0.505. The largest absolute Gasteiger partial charge is 0.535 e. The van der Waals surface area contributed by atoms with Crippen molar-refractivity contribution in [3.8, 4) is 0 Å². The maximum Gasteiger partial charge on any atom is 0.361 e. The molecular formula is C9H18BNO2. The number of hydrogen-bond donors (Lipinski definition) is 1. The average molecular weight is 183 g/mol. The molecule has 0 saturated carbocycles. The Balaban J connectivity index is 2.30. The minimum Gasteiger partial charge on any atom is -0.535 e. The molecule has 0 aromatic carbocycles. The van der Waals surface area contributed by atoms with Crippen molar-refractivity contribution < 1.29 is 9.45 Å². The Bertz CT molecular complexity index is 165. The summed E-state index contributed by atoms with van der Waals surface area (Å²) in [4.78, 5) is 11.5. The molecule has 0 aliphatic carbocycles. The number of rotatable bonds is 4. The highest BCUT2D eigenvalue weighted by molar-refractivity contribution is 6.53. The summed E-state index contributed by atoms with van der Waals surface area (Å²) in [5, 5.41) is 3.14. The highest BCUT2D eigenvalue weighted by atomic mass is 16.5. The van der Waals surface area contributed by atoms with Gasteiger partial charge < -0.3 is 9.97 Å². The maximum absolute atomic E-state index is 11.5. The molecule has 1 heterocycles. The zero-order valence-electron chi connectivity index (χ0n) is 8.51. The topological polar surface area (TPSA) is 38.3 Å². The summed E-state index contributed by atoms with van der Waals surface area (Å²) in [6.07, 6.45) is 3.84. The van der Waals surface area contributed by atoms with Gasteiger partial charge in [0.05, 0.1) is 0 Å². The fraction of sp³-hybridized carbons (Fsp3) is 0.889. The molecule has 0 spiro atoms. The van der Waals surface area contributed by atoms with E-state index in [1.807, 2.05) is 13.8 Å². The highest BCUT2D eigenvalue weighted by Crippen LogP contribution is 2.09. The van der Waals surface area contributed by atoms with Crippen molar-refractivity contribution in [1.29, 1.82) is 0 Å². The van der Waals surface area contributed by atoms with Gasteiger partial charge in [-0.05, 0) is 32.0 Å². The van der Waals surface area contributed by atoms with Crippen molar-refractivity contribution in [2.45, 2.75) is 45.4 Å². The summed E-state index contributed by atoms with van der Waals surface area (Å²) < 4.78 is 5.33. The van der Waals surface area contributed by atoms with E-state index in [9.17, 15) is 4.79 Å². The van der Waals surface area contributed by atoms with Gasteiger partial charge in [0.1, 0.15) is 6.04 Å². The Morgan fingerprint density at radius 3 is 2.69 bits per heavy atom. The van der Waals surface area contributed by atoms with Gasteiger partial charge in [0.25, 0.3) is 0 Å². The summed E-state index contributed by atoms with van der Waals surface area (Å²) in [7, 11) is 0. The number of hydrogen-bond acceptors (Lipinski definition) is 3. The van der Waals surface area contributed by atoms with E-state index in [0.29, 0.717) is 0 Å². The summed E-state index contributed by atoms with van der Waals surface area (Å²) in [5.41, 5.74) is 0. The molecule has 1 fully saturated rings. The molecule has 1 aliphatic heterocycles. The molecule has 1 saturated heterocycles. The standard InChI is InChI=1S/C9H18BNO2/c1-3-10(4-2)13-9(12)8-6-5-7-11-8/h8,11H,3-7H2,1-2H3. The van der Waals surface area contributed by atoms with Crippen molar-refractivity contribution in [3.63, 3.8) is 0 Å². The van der Waals surface area contributed by atoms with Gasteiger partial charge in [0, 0.05) is 0 Å². The van der Waals surface area contributed by atoms with Crippen LogP contribution in [0.4, 0.5) is 0 Å². The van der Waals surface area contributed by atoms with E-state index in [2.05, 4.69) is 5.32 Å². The lowest BCUT2D eigenvalue weighted by atomic mass is 9.62. The zero-order valence-corrected chi connectivity index (χ0v) is 8.51. The minimum atomic E-state index is -0.0637. The normalized spacial score (nSPS) is 21.5. The lowest BCUT2D eigenvalue weighted by Gasteiger charge is -2.14. The first kappa shape index (κ1) is 10.6. The molecule has 4 heteroatoms. The van der Waals surface area contributed by atoms with Gasteiger partial charge in [-0.15, -0.1) is 0 Å². The van der Waals surface area contributed by atoms with Crippen LogP contribution in [0.25, 0.3) is 0 Å². The summed E-state index contributed by atoms with van der Waals surface area (Å²) in [6, 6.07) is -0.0411. The predicted octanol–water partition coefficient (Wildman–Crippen LogP) is 1.31. The molecule has 74 valence electrons. The van der Waals surface area contributed by atoms with Crippen LogP contribution < -0.4 is 5.32 Å². The third kappa shape index (κ3) is 3.03. The van der Waals surface area contributed by atoms with Crippen LogP contribution >= 0.6 is 0 Å². The van der Waals surface area contributed by atoms with Gasteiger partial charge in [-0.2, -0.15) is 0 Å². The zero-order chi connectivity index (χ0) is 9.68. The van der Waals surface area contributed by atoms with Gasteiger partial charge in [-0.25, -0.2) is 0 Å². The van der Waals surface area contributed by atoms with Gasteiger partial charge in [0.15, 0.2) is 0 Å². The molecule has 1 aliphatic rings. The first-order chi connectivity index (χ1) is 6.27. The maximum atomic E-state index is 11.5. The van der Waals surface area contributed by atoms with Gasteiger partial charge in [-0.3, -0.25) is 4.79 Å². The van der Waals surface area contributed by atoms with Gasteiger partial charge in [-0.1, -0.05) is 13.8 Å². The Labute approximate surface area is 80.3 Å². The predicted molar refractivity (Wildman–Crippen MR) is 53.8 cm³/mol. The molecular weight excluding hydrogens is 165 g/mol. The Morgan fingerprint density at radius 1 is 1.54 bits per heavy atom. The van der Waals surface area contributed by atoms with Crippen molar-refractivity contribution >= 4 is 12.9 Å². The van der Waals surface area contributed by atoms with Crippen LogP contribution in [0.1, 0.15) is 26.7 Å². The molecule has 1 rings (SSSR count). The van der Waals surface area contributed by atoms with Crippen molar-refractivity contribution in [1.82, 2.24) is 5.32 Å². The molecule has 1 atom stereocenters. The van der Waals surface area contributed by atoms with Crippen LogP contribution in [0, 0.1) is 0 Å². The van der Waals surface area contributed by atoms with Crippen LogP contribution in [0.15, 0.2) is 0 Å². The molecule has 1 unspecified atom stereocenters. The van der Waals surface area contributed by atoms with Crippen LogP contribution in [0.2, 0.25) is 12.6 Å². The molecule has 0 radical (unpaired) electrons. The van der Waals surface area contributed by atoms with E-state index in [1.54, 1.807) is 0 Å². The van der Waals surface area contributed by atoms with Crippen molar-refractivity contribution in [2.24, 2.45) is 0 Å². The molecule has 1 N–H and O–H groups in total. The van der Waals surface area contributed by atoms with Crippen LogP contribution in [-0.2, 0) is 9.45 Å². The fourth-order valence-corrected chi connectivity index (χ4v) is 1.59. The molecule has 3 nitrogen and oxygen atoms in total. The third-order valence-electron chi connectivity index (χ3n) is 2.54. The Kier molecular flexibility index (Phi) is 4.29. The van der Waals surface area contributed by atoms with Crippen LogP contribution in [0.3, 0.4) is 0 Å². The van der Waals surface area contributed by atoms with Crippen LogP contribution in [-0.4, -0.2) is 25.5 Å². The minimum absolute atomic E-state index is 0.0411. The first-order valence-electron chi connectivity index (χ1n) is 5.21. The highest BCUT2D eigenvalue weighted by Gasteiger charge is 2.26. The number of carbonyl (C=O) groups excluding carboxylic acids is 1. The summed E-state index contributed by atoms with van der Waals surface area (Å²) in [5.74, 6) is -0.0637. The van der Waals surface area contributed by atoms with E-state index in [-0.39, 0.29) is 18.9 Å². The first-order valence-corrected chi connectivity index (χ1v) is 5.21.